The molecule has 1 amide bonds. The van der Waals surface area contributed by atoms with Crippen LogP contribution < -0.4 is 0 Å². The first-order valence-electron chi connectivity index (χ1n) is 7.49. The Hall–Kier alpha value is -0.610. The number of hydroxylamine groups is 2. The van der Waals surface area contributed by atoms with Gasteiger partial charge in [-0.1, -0.05) is 20.3 Å². The van der Waals surface area contributed by atoms with E-state index in [9.17, 15) is 10.0 Å². The lowest BCUT2D eigenvalue weighted by Crippen LogP contribution is -2.59. The van der Waals surface area contributed by atoms with Gasteiger partial charge in [-0.15, -0.1) is 10.3 Å². The van der Waals surface area contributed by atoms with Crippen LogP contribution in [0.2, 0.25) is 0 Å². The molecule has 1 saturated heterocycles. The van der Waals surface area contributed by atoms with Gasteiger partial charge in [-0.3, -0.25) is 4.79 Å². The monoisotopic (exact) mass is 269 g/mol. The lowest BCUT2D eigenvalue weighted by atomic mass is 9.90. The van der Waals surface area contributed by atoms with Gasteiger partial charge >= 0.3 is 0 Å². The summed E-state index contributed by atoms with van der Waals surface area (Å²) in [6.45, 7) is 12.5. The zero-order valence-electron chi connectivity index (χ0n) is 13.3. The second-order valence-electron chi connectivity index (χ2n) is 6.64. The summed E-state index contributed by atoms with van der Waals surface area (Å²) in [6.07, 6.45) is 3.33. The number of carbonyl (C=O) groups excluding carboxylic acids is 1. The average Bonchev–Trinajstić information content (AvgIpc) is 2.39. The van der Waals surface area contributed by atoms with Crippen molar-refractivity contribution in [3.63, 3.8) is 0 Å². The molecular weight excluding hydrogens is 240 g/mol. The number of unbranched alkanes of at least 4 members (excludes halogenated alkanes) is 1. The molecule has 1 rings (SSSR count). The van der Waals surface area contributed by atoms with E-state index in [1.807, 2.05) is 25.7 Å². The van der Waals surface area contributed by atoms with Crippen molar-refractivity contribution in [2.75, 3.05) is 6.54 Å². The molecule has 4 nitrogen and oxygen atoms in total. The molecule has 1 aliphatic heterocycles. The maximum absolute atomic E-state index is 12.8. The first kappa shape index (κ1) is 16.4. The summed E-state index contributed by atoms with van der Waals surface area (Å²) in [6, 6.07) is 0.124. The largest absolute Gasteiger partial charge is 0.338 e. The number of hydrogen-bond donors (Lipinski definition) is 0. The summed E-state index contributed by atoms with van der Waals surface area (Å²) < 4.78 is 0. The predicted octanol–water partition coefficient (Wildman–Crippen LogP) is 3.00. The molecule has 0 aliphatic carbocycles. The quantitative estimate of drug-likeness (QED) is 0.787. The minimum absolute atomic E-state index is 0.00322. The minimum Gasteiger partial charge on any atom is -0.338 e. The van der Waals surface area contributed by atoms with Gasteiger partial charge in [0, 0.05) is 18.1 Å². The van der Waals surface area contributed by atoms with Gasteiger partial charge in [0.2, 0.25) is 5.91 Å². The van der Waals surface area contributed by atoms with Crippen LogP contribution >= 0.6 is 0 Å². The Bertz CT molecular complexity index is 330. The van der Waals surface area contributed by atoms with Crippen LogP contribution in [-0.2, 0) is 10.0 Å². The van der Waals surface area contributed by atoms with Crippen LogP contribution in [0.25, 0.3) is 0 Å². The molecule has 0 aromatic carbocycles. The van der Waals surface area contributed by atoms with Crippen molar-refractivity contribution >= 4 is 5.91 Å². The molecule has 0 aromatic rings. The van der Waals surface area contributed by atoms with Gasteiger partial charge in [-0.05, 0) is 47.0 Å². The van der Waals surface area contributed by atoms with E-state index in [2.05, 4.69) is 13.8 Å². The first-order valence-corrected chi connectivity index (χ1v) is 7.49. The van der Waals surface area contributed by atoms with E-state index < -0.39 is 11.1 Å². The smallest absolute Gasteiger partial charge is 0.245 e. The number of carbonyl (C=O) groups is 1. The van der Waals surface area contributed by atoms with E-state index in [-0.39, 0.29) is 11.9 Å². The Morgan fingerprint density at radius 1 is 1.26 bits per heavy atom. The van der Waals surface area contributed by atoms with Crippen molar-refractivity contribution in [3.05, 3.63) is 0 Å². The van der Waals surface area contributed by atoms with Crippen molar-refractivity contribution in [2.24, 2.45) is 0 Å². The molecule has 2 atom stereocenters. The molecule has 0 saturated carbocycles. The van der Waals surface area contributed by atoms with Gasteiger partial charge in [0.15, 0.2) is 0 Å². The van der Waals surface area contributed by atoms with Crippen molar-refractivity contribution < 1.29 is 10.0 Å². The number of amides is 1. The molecule has 0 bridgehead atoms. The van der Waals surface area contributed by atoms with E-state index in [1.165, 1.54) is 0 Å². The summed E-state index contributed by atoms with van der Waals surface area (Å²) in [5.41, 5.74) is -1.43. The fraction of sp³-hybridized carbons (Fsp3) is 0.933. The van der Waals surface area contributed by atoms with E-state index in [0.29, 0.717) is 6.42 Å². The Kier molecular flexibility index (Phi) is 5.02. The minimum atomic E-state index is -0.929. The van der Waals surface area contributed by atoms with Gasteiger partial charge in [0.25, 0.3) is 0 Å². The summed E-state index contributed by atoms with van der Waals surface area (Å²) in [4.78, 5) is 14.7. The van der Waals surface area contributed by atoms with Crippen molar-refractivity contribution in [3.8, 4) is 0 Å². The first-order chi connectivity index (χ1) is 8.70. The lowest BCUT2D eigenvalue weighted by Gasteiger charge is -2.40. The lowest BCUT2D eigenvalue weighted by molar-refractivity contribution is -0.268. The number of rotatable bonds is 4. The van der Waals surface area contributed by atoms with Crippen molar-refractivity contribution in [2.45, 2.75) is 84.3 Å². The zero-order valence-corrected chi connectivity index (χ0v) is 13.3. The van der Waals surface area contributed by atoms with Crippen LogP contribution in [0.3, 0.4) is 0 Å². The third-order valence-electron chi connectivity index (χ3n) is 4.49. The highest BCUT2D eigenvalue weighted by Gasteiger charge is 2.51. The van der Waals surface area contributed by atoms with Crippen LogP contribution in [0, 0.1) is 0 Å². The van der Waals surface area contributed by atoms with Crippen LogP contribution in [0.1, 0.15) is 67.2 Å². The van der Waals surface area contributed by atoms with Crippen LogP contribution in [0.4, 0.5) is 0 Å². The zero-order chi connectivity index (χ0) is 14.8. The Morgan fingerprint density at radius 3 is 2.32 bits per heavy atom. The summed E-state index contributed by atoms with van der Waals surface area (Å²) in [7, 11) is 0. The van der Waals surface area contributed by atoms with Crippen LogP contribution in [0.5, 0.6) is 0 Å². The molecule has 19 heavy (non-hydrogen) atoms. The standard InChI is InChI=1S/C15H29N2O2/c1-7-9-10-16-12(3)11-14(4,5)17(19)15(6,8-2)13(16)18/h12H,7-11H2,1-6H3. The summed E-state index contributed by atoms with van der Waals surface area (Å²) >= 11 is 0. The number of hydrogen-bond acceptors (Lipinski definition) is 2. The second kappa shape index (κ2) is 5.80. The molecule has 1 heterocycles. The highest BCUT2D eigenvalue weighted by atomic mass is 16.5. The number of nitrogens with zero attached hydrogens (tertiary/aromatic N) is 2. The molecule has 1 fully saturated rings. The van der Waals surface area contributed by atoms with Gasteiger partial charge in [-0.25, -0.2) is 0 Å². The molecule has 111 valence electrons. The third-order valence-corrected chi connectivity index (χ3v) is 4.49. The molecule has 0 spiro atoms. The fourth-order valence-corrected chi connectivity index (χ4v) is 3.13. The molecular formula is C15H29N2O2. The Morgan fingerprint density at radius 2 is 1.84 bits per heavy atom. The van der Waals surface area contributed by atoms with Gasteiger partial charge in [-0.2, -0.15) is 0 Å². The maximum atomic E-state index is 12.8. The third kappa shape index (κ3) is 2.95. The van der Waals surface area contributed by atoms with Gasteiger partial charge < -0.3 is 4.90 Å². The predicted molar refractivity (Wildman–Crippen MR) is 76.0 cm³/mol. The molecule has 1 aliphatic rings. The molecule has 1 radical (unpaired) electrons. The normalized spacial score (nSPS) is 32.5. The van der Waals surface area contributed by atoms with E-state index in [0.717, 1.165) is 30.9 Å². The Labute approximate surface area is 117 Å². The maximum Gasteiger partial charge on any atom is 0.245 e. The Balaban J connectivity index is 3.14. The summed E-state index contributed by atoms with van der Waals surface area (Å²) in [5, 5.41) is 13.7. The fourth-order valence-electron chi connectivity index (χ4n) is 3.13. The highest BCUT2D eigenvalue weighted by molar-refractivity contribution is 5.86. The molecule has 2 unspecified atom stereocenters. The van der Waals surface area contributed by atoms with Gasteiger partial charge in [0.05, 0.1) is 0 Å². The molecule has 4 heteroatoms. The summed E-state index contributed by atoms with van der Waals surface area (Å²) in [5.74, 6) is -0.00322. The SMILES string of the molecule is CCCCN1C(=O)C(C)(CC)N([O])C(C)(C)CC1C. The van der Waals surface area contributed by atoms with Crippen molar-refractivity contribution in [1.82, 2.24) is 9.96 Å². The molecule has 0 aromatic heterocycles. The second-order valence-corrected chi connectivity index (χ2v) is 6.64. The average molecular weight is 269 g/mol. The van der Waals surface area contributed by atoms with Crippen LogP contribution in [-0.4, -0.2) is 39.5 Å². The van der Waals surface area contributed by atoms with E-state index in [4.69, 9.17) is 0 Å². The van der Waals surface area contributed by atoms with E-state index >= 15 is 0 Å². The van der Waals surface area contributed by atoms with Crippen LogP contribution in [0.15, 0.2) is 0 Å². The molecule has 0 N–H and O–H groups in total. The van der Waals surface area contributed by atoms with Crippen molar-refractivity contribution in [1.29, 1.82) is 0 Å². The van der Waals surface area contributed by atoms with Gasteiger partial charge in [0.1, 0.15) is 5.54 Å². The topological polar surface area (TPSA) is 43.5 Å². The van der Waals surface area contributed by atoms with E-state index in [1.54, 1.807) is 6.92 Å². The highest BCUT2D eigenvalue weighted by Crippen LogP contribution is 2.36.